The summed E-state index contributed by atoms with van der Waals surface area (Å²) in [5.74, 6) is -2.29. The van der Waals surface area contributed by atoms with Crippen LogP contribution in [0, 0.1) is 11.6 Å². The highest BCUT2D eigenvalue weighted by Gasteiger charge is 2.33. The molecule has 1 amide bonds. The molecular weight excluding hydrogens is 369 g/mol. The van der Waals surface area contributed by atoms with Gasteiger partial charge >= 0.3 is 6.18 Å². The predicted molar refractivity (Wildman–Crippen MR) is 80.2 cm³/mol. The van der Waals surface area contributed by atoms with Gasteiger partial charge in [-0.05, 0) is 35.9 Å². The van der Waals surface area contributed by atoms with Gasteiger partial charge in [0.25, 0.3) is 5.91 Å². The zero-order valence-electron chi connectivity index (χ0n) is 12.5. The van der Waals surface area contributed by atoms with Crippen molar-refractivity contribution in [1.29, 1.82) is 0 Å². The smallest absolute Gasteiger partial charge is 0.416 e. The van der Waals surface area contributed by atoms with Crippen molar-refractivity contribution in [2.24, 2.45) is 0 Å². The third-order valence-electron chi connectivity index (χ3n) is 3.11. The molecule has 134 valence electrons. The minimum atomic E-state index is -4.75. The van der Waals surface area contributed by atoms with E-state index in [4.69, 9.17) is 16.3 Å². The Labute approximate surface area is 144 Å². The van der Waals surface area contributed by atoms with E-state index in [9.17, 15) is 26.7 Å². The van der Waals surface area contributed by atoms with Crippen LogP contribution in [0.15, 0.2) is 36.4 Å². The fourth-order valence-corrected chi connectivity index (χ4v) is 2.17. The van der Waals surface area contributed by atoms with Gasteiger partial charge in [0.05, 0.1) is 10.6 Å². The Bertz CT molecular complexity index is 780. The van der Waals surface area contributed by atoms with Crippen LogP contribution in [0.5, 0.6) is 5.75 Å². The average molecular weight is 380 g/mol. The fraction of sp³-hybridized carbons (Fsp3) is 0.188. The number of amides is 1. The van der Waals surface area contributed by atoms with Crippen LogP contribution >= 0.6 is 11.6 Å². The quantitative estimate of drug-likeness (QED) is 0.785. The zero-order chi connectivity index (χ0) is 18.6. The van der Waals surface area contributed by atoms with Crippen LogP contribution in [0.25, 0.3) is 0 Å². The Morgan fingerprint density at radius 2 is 1.72 bits per heavy atom. The third kappa shape index (κ3) is 5.32. The molecule has 0 spiro atoms. The predicted octanol–water partition coefficient (Wildman–Crippen LogP) is 4.33. The summed E-state index contributed by atoms with van der Waals surface area (Å²) in [4.78, 5) is 11.7. The molecule has 1 N–H and O–H groups in total. The van der Waals surface area contributed by atoms with E-state index in [1.165, 1.54) is 6.07 Å². The number of ether oxygens (including phenoxy) is 1. The van der Waals surface area contributed by atoms with Gasteiger partial charge in [-0.2, -0.15) is 13.2 Å². The van der Waals surface area contributed by atoms with Gasteiger partial charge in [0.1, 0.15) is 17.4 Å². The van der Waals surface area contributed by atoms with E-state index in [0.29, 0.717) is 6.07 Å². The van der Waals surface area contributed by atoms with E-state index in [1.54, 1.807) is 0 Å². The van der Waals surface area contributed by atoms with Gasteiger partial charge < -0.3 is 10.1 Å². The second-order valence-electron chi connectivity index (χ2n) is 4.94. The number of carbonyl (C=O) groups is 1. The van der Waals surface area contributed by atoms with Gasteiger partial charge in [-0.15, -0.1) is 0 Å². The second-order valence-corrected chi connectivity index (χ2v) is 5.35. The summed E-state index contributed by atoms with van der Waals surface area (Å²) in [7, 11) is 0. The third-order valence-corrected chi connectivity index (χ3v) is 3.40. The average Bonchev–Trinajstić information content (AvgIpc) is 2.52. The maximum Gasteiger partial charge on any atom is 0.416 e. The Morgan fingerprint density at radius 1 is 1.08 bits per heavy atom. The molecule has 0 aromatic heterocycles. The van der Waals surface area contributed by atoms with Crippen LogP contribution in [-0.2, 0) is 17.5 Å². The Kier molecular flexibility index (Phi) is 5.84. The molecule has 0 radical (unpaired) electrons. The normalized spacial score (nSPS) is 11.3. The number of nitrogens with one attached hydrogen (secondary N) is 1. The fourth-order valence-electron chi connectivity index (χ4n) is 1.95. The number of benzene rings is 2. The van der Waals surface area contributed by atoms with Crippen LogP contribution < -0.4 is 10.1 Å². The van der Waals surface area contributed by atoms with Crippen molar-refractivity contribution in [3.8, 4) is 5.75 Å². The largest absolute Gasteiger partial charge is 0.482 e. The summed E-state index contributed by atoms with van der Waals surface area (Å²) in [6, 6.07) is 5.45. The lowest BCUT2D eigenvalue weighted by Crippen LogP contribution is -2.29. The van der Waals surface area contributed by atoms with Gasteiger partial charge in [-0.25, -0.2) is 8.78 Å². The van der Waals surface area contributed by atoms with E-state index < -0.39 is 42.4 Å². The molecule has 3 nitrogen and oxygen atoms in total. The van der Waals surface area contributed by atoms with Crippen molar-refractivity contribution in [3.05, 3.63) is 64.2 Å². The first-order valence-corrected chi connectivity index (χ1v) is 7.25. The molecular formula is C16H11ClF5NO2. The summed E-state index contributed by atoms with van der Waals surface area (Å²) in [6.45, 7) is -0.998. The van der Waals surface area contributed by atoms with Gasteiger partial charge in [-0.1, -0.05) is 17.7 Å². The lowest BCUT2D eigenvalue weighted by atomic mass is 10.1. The molecule has 9 heteroatoms. The van der Waals surface area contributed by atoms with Gasteiger partial charge in [0, 0.05) is 6.54 Å². The van der Waals surface area contributed by atoms with Crippen molar-refractivity contribution >= 4 is 17.5 Å². The first-order valence-electron chi connectivity index (χ1n) is 6.87. The molecule has 0 saturated heterocycles. The van der Waals surface area contributed by atoms with Crippen molar-refractivity contribution in [3.63, 3.8) is 0 Å². The summed E-state index contributed by atoms with van der Waals surface area (Å²) < 4.78 is 69.5. The van der Waals surface area contributed by atoms with E-state index in [-0.39, 0.29) is 16.3 Å². The summed E-state index contributed by atoms with van der Waals surface area (Å²) in [5.41, 5.74) is -1.46. The molecule has 0 aliphatic carbocycles. The molecule has 2 aromatic carbocycles. The minimum absolute atomic E-state index is 0.0503. The first kappa shape index (κ1) is 19.0. The molecule has 2 aromatic rings. The topological polar surface area (TPSA) is 38.3 Å². The van der Waals surface area contributed by atoms with E-state index in [0.717, 1.165) is 24.3 Å². The number of alkyl halides is 3. The monoisotopic (exact) mass is 379 g/mol. The molecule has 0 aliphatic heterocycles. The number of halogens is 6. The molecule has 2 rings (SSSR count). The summed E-state index contributed by atoms with van der Waals surface area (Å²) in [6.07, 6.45) is -4.75. The van der Waals surface area contributed by atoms with E-state index in [1.807, 2.05) is 0 Å². The van der Waals surface area contributed by atoms with Gasteiger partial charge in [0.15, 0.2) is 6.61 Å². The number of hydrogen-bond acceptors (Lipinski definition) is 2. The van der Waals surface area contributed by atoms with Crippen molar-refractivity contribution in [2.45, 2.75) is 12.7 Å². The van der Waals surface area contributed by atoms with Gasteiger partial charge in [0.2, 0.25) is 0 Å². The molecule has 0 heterocycles. The number of carbonyl (C=O) groups excluding carboxylic acids is 1. The van der Waals surface area contributed by atoms with Crippen LogP contribution in [0.1, 0.15) is 11.1 Å². The molecule has 0 bridgehead atoms. The maximum absolute atomic E-state index is 13.0. The SMILES string of the molecule is O=C(COc1ccc(F)cc1Cl)NCc1ccc(F)cc1C(F)(F)F. The number of hydrogen-bond donors (Lipinski definition) is 1. The van der Waals surface area contributed by atoms with Crippen LogP contribution in [0.4, 0.5) is 22.0 Å². The van der Waals surface area contributed by atoms with Crippen LogP contribution in [0.3, 0.4) is 0 Å². The van der Waals surface area contributed by atoms with Crippen molar-refractivity contribution < 1.29 is 31.5 Å². The molecule has 0 saturated carbocycles. The second kappa shape index (κ2) is 7.69. The molecule has 0 unspecified atom stereocenters. The molecule has 0 aliphatic rings. The van der Waals surface area contributed by atoms with Gasteiger partial charge in [-0.3, -0.25) is 4.79 Å². The standard InChI is InChI=1S/C16H11ClF5NO2/c17-13-6-11(19)3-4-14(13)25-8-15(24)23-7-9-1-2-10(18)5-12(9)16(20,21)22/h1-6H,7-8H2,(H,23,24). The highest BCUT2D eigenvalue weighted by molar-refractivity contribution is 6.32. The van der Waals surface area contributed by atoms with Crippen LogP contribution in [-0.4, -0.2) is 12.5 Å². The molecule has 0 atom stereocenters. The lowest BCUT2D eigenvalue weighted by molar-refractivity contribution is -0.138. The minimum Gasteiger partial charge on any atom is -0.482 e. The number of rotatable bonds is 5. The Balaban J connectivity index is 1.96. The first-order chi connectivity index (χ1) is 11.7. The molecule has 0 fully saturated rings. The maximum atomic E-state index is 13.0. The summed E-state index contributed by atoms with van der Waals surface area (Å²) in [5, 5.41) is 2.18. The van der Waals surface area contributed by atoms with Crippen molar-refractivity contribution in [2.75, 3.05) is 6.61 Å². The lowest BCUT2D eigenvalue weighted by Gasteiger charge is -2.14. The highest BCUT2D eigenvalue weighted by atomic mass is 35.5. The van der Waals surface area contributed by atoms with E-state index in [2.05, 4.69) is 5.32 Å². The van der Waals surface area contributed by atoms with Crippen LogP contribution in [0.2, 0.25) is 5.02 Å². The Hall–Kier alpha value is -2.35. The summed E-state index contributed by atoms with van der Waals surface area (Å²) >= 11 is 5.71. The van der Waals surface area contributed by atoms with E-state index >= 15 is 0 Å². The van der Waals surface area contributed by atoms with Crippen molar-refractivity contribution in [1.82, 2.24) is 5.32 Å². The molecule has 25 heavy (non-hydrogen) atoms. The Morgan fingerprint density at radius 3 is 2.36 bits per heavy atom. The zero-order valence-corrected chi connectivity index (χ0v) is 13.2. The highest BCUT2D eigenvalue weighted by Crippen LogP contribution is 2.32.